The lowest BCUT2D eigenvalue weighted by atomic mass is 9.79. The average molecular weight is 239 g/mol. The van der Waals surface area contributed by atoms with Crippen LogP contribution in [0.25, 0.3) is 0 Å². The first-order chi connectivity index (χ1) is 8.84. The monoisotopic (exact) mass is 239 g/mol. The summed E-state index contributed by atoms with van der Waals surface area (Å²) in [4.78, 5) is 8.42. The standard InChI is InChI=1S/C15H17N3/c16-15(14-10-17-7-8-18-14)13-6-5-11-3-1-2-4-12(11)9-13/h1-4,7-8,10,13,15H,5-6,9,16H2. The first-order valence-electron chi connectivity index (χ1n) is 6.43. The quantitative estimate of drug-likeness (QED) is 0.874. The molecular weight excluding hydrogens is 222 g/mol. The molecule has 2 N–H and O–H groups in total. The van der Waals surface area contributed by atoms with Crippen LogP contribution in [0.5, 0.6) is 0 Å². The number of rotatable bonds is 2. The molecule has 0 bridgehead atoms. The summed E-state index contributed by atoms with van der Waals surface area (Å²) in [5.74, 6) is 0.469. The van der Waals surface area contributed by atoms with Crippen molar-refractivity contribution in [1.29, 1.82) is 0 Å². The number of hydrogen-bond donors (Lipinski definition) is 1. The van der Waals surface area contributed by atoms with E-state index in [1.807, 2.05) is 0 Å². The van der Waals surface area contributed by atoms with Crippen LogP contribution < -0.4 is 5.73 Å². The van der Waals surface area contributed by atoms with Crippen molar-refractivity contribution >= 4 is 0 Å². The molecule has 1 aromatic carbocycles. The topological polar surface area (TPSA) is 51.8 Å². The molecule has 3 rings (SSSR count). The Balaban J connectivity index is 1.80. The predicted octanol–water partition coefficient (Wildman–Crippen LogP) is 2.28. The summed E-state index contributed by atoms with van der Waals surface area (Å²) < 4.78 is 0. The van der Waals surface area contributed by atoms with Gasteiger partial charge < -0.3 is 5.73 Å². The number of hydrogen-bond acceptors (Lipinski definition) is 3. The van der Waals surface area contributed by atoms with E-state index < -0.39 is 0 Å². The average Bonchev–Trinajstić information content (AvgIpc) is 2.47. The molecule has 0 fully saturated rings. The van der Waals surface area contributed by atoms with Crippen molar-refractivity contribution in [3.63, 3.8) is 0 Å². The van der Waals surface area contributed by atoms with E-state index >= 15 is 0 Å². The van der Waals surface area contributed by atoms with Crippen LogP contribution in [-0.2, 0) is 12.8 Å². The van der Waals surface area contributed by atoms with E-state index in [4.69, 9.17) is 5.73 Å². The van der Waals surface area contributed by atoms with Crippen LogP contribution in [0.2, 0.25) is 0 Å². The number of nitrogens with zero attached hydrogens (tertiary/aromatic N) is 2. The van der Waals surface area contributed by atoms with Crippen LogP contribution >= 0.6 is 0 Å². The molecule has 0 amide bonds. The van der Waals surface area contributed by atoms with Crippen molar-refractivity contribution < 1.29 is 0 Å². The van der Waals surface area contributed by atoms with Gasteiger partial charge in [0, 0.05) is 18.6 Å². The Morgan fingerprint density at radius 2 is 2.00 bits per heavy atom. The minimum Gasteiger partial charge on any atom is -0.322 e. The fourth-order valence-electron chi connectivity index (χ4n) is 2.76. The minimum absolute atomic E-state index is 0.00736. The van der Waals surface area contributed by atoms with Gasteiger partial charge in [-0.3, -0.25) is 9.97 Å². The zero-order chi connectivity index (χ0) is 12.4. The van der Waals surface area contributed by atoms with Crippen molar-refractivity contribution in [2.75, 3.05) is 0 Å². The third-order valence-corrected chi connectivity index (χ3v) is 3.82. The van der Waals surface area contributed by atoms with Crippen LogP contribution in [0.15, 0.2) is 42.9 Å². The number of aryl methyl sites for hydroxylation is 1. The second kappa shape index (κ2) is 4.86. The highest BCUT2D eigenvalue weighted by molar-refractivity contribution is 5.30. The molecule has 0 saturated carbocycles. The Labute approximate surface area is 107 Å². The molecule has 1 heterocycles. The van der Waals surface area contributed by atoms with E-state index in [0.29, 0.717) is 5.92 Å². The fraction of sp³-hybridized carbons (Fsp3) is 0.333. The Morgan fingerprint density at radius 1 is 1.17 bits per heavy atom. The number of fused-ring (bicyclic) bond motifs is 1. The van der Waals surface area contributed by atoms with Gasteiger partial charge in [-0.2, -0.15) is 0 Å². The molecular formula is C15H17N3. The number of nitrogens with two attached hydrogens (primary N) is 1. The van der Waals surface area contributed by atoms with Gasteiger partial charge in [0.15, 0.2) is 0 Å². The molecule has 2 atom stereocenters. The minimum atomic E-state index is -0.00736. The highest BCUT2D eigenvalue weighted by atomic mass is 14.8. The smallest absolute Gasteiger partial charge is 0.0756 e. The Hall–Kier alpha value is -1.74. The van der Waals surface area contributed by atoms with E-state index in [1.54, 1.807) is 18.6 Å². The van der Waals surface area contributed by atoms with Crippen LogP contribution in [0.1, 0.15) is 29.3 Å². The lowest BCUT2D eigenvalue weighted by molar-refractivity contribution is 0.376. The maximum Gasteiger partial charge on any atom is 0.0756 e. The van der Waals surface area contributed by atoms with Gasteiger partial charge in [0.1, 0.15) is 0 Å². The zero-order valence-corrected chi connectivity index (χ0v) is 10.3. The van der Waals surface area contributed by atoms with E-state index in [9.17, 15) is 0 Å². The van der Waals surface area contributed by atoms with Gasteiger partial charge in [-0.1, -0.05) is 24.3 Å². The van der Waals surface area contributed by atoms with E-state index in [1.165, 1.54) is 11.1 Å². The molecule has 92 valence electrons. The largest absolute Gasteiger partial charge is 0.322 e. The first kappa shape index (κ1) is 11.4. The number of benzene rings is 1. The predicted molar refractivity (Wildman–Crippen MR) is 70.9 cm³/mol. The number of aromatic nitrogens is 2. The van der Waals surface area contributed by atoms with Crippen molar-refractivity contribution in [3.8, 4) is 0 Å². The summed E-state index contributed by atoms with van der Waals surface area (Å²) in [7, 11) is 0. The molecule has 2 aromatic rings. The Bertz CT molecular complexity index is 524. The summed E-state index contributed by atoms with van der Waals surface area (Å²) in [6.07, 6.45) is 8.49. The second-order valence-corrected chi connectivity index (χ2v) is 4.93. The molecule has 0 saturated heterocycles. The summed E-state index contributed by atoms with van der Waals surface area (Å²) in [6.45, 7) is 0. The summed E-state index contributed by atoms with van der Waals surface area (Å²) in [5, 5.41) is 0. The Kier molecular flexibility index (Phi) is 3.07. The molecule has 2 unspecified atom stereocenters. The van der Waals surface area contributed by atoms with Crippen molar-refractivity contribution in [1.82, 2.24) is 9.97 Å². The van der Waals surface area contributed by atoms with Gasteiger partial charge in [0.25, 0.3) is 0 Å². The lowest BCUT2D eigenvalue weighted by Gasteiger charge is -2.28. The fourth-order valence-corrected chi connectivity index (χ4v) is 2.76. The highest BCUT2D eigenvalue weighted by Crippen LogP contribution is 2.31. The molecule has 1 aliphatic rings. The third kappa shape index (κ3) is 2.14. The zero-order valence-electron chi connectivity index (χ0n) is 10.3. The molecule has 18 heavy (non-hydrogen) atoms. The SMILES string of the molecule is NC(c1cnccn1)C1CCc2ccccc2C1. The van der Waals surface area contributed by atoms with Gasteiger partial charge in [0.2, 0.25) is 0 Å². The van der Waals surface area contributed by atoms with Crippen molar-refractivity contribution in [3.05, 3.63) is 59.7 Å². The maximum atomic E-state index is 6.32. The Morgan fingerprint density at radius 3 is 2.78 bits per heavy atom. The van der Waals surface area contributed by atoms with Gasteiger partial charge in [0.05, 0.1) is 11.7 Å². The normalized spacial score (nSPS) is 20.2. The molecule has 3 heteroatoms. The lowest BCUT2D eigenvalue weighted by Crippen LogP contribution is -2.27. The van der Waals surface area contributed by atoms with E-state index in [0.717, 1.165) is 25.0 Å². The summed E-state index contributed by atoms with van der Waals surface area (Å²) >= 11 is 0. The maximum absolute atomic E-state index is 6.32. The van der Waals surface area contributed by atoms with Crippen LogP contribution in [0.3, 0.4) is 0 Å². The molecule has 0 radical (unpaired) electrons. The molecule has 0 spiro atoms. The molecule has 1 aliphatic carbocycles. The van der Waals surface area contributed by atoms with Crippen molar-refractivity contribution in [2.24, 2.45) is 11.7 Å². The van der Waals surface area contributed by atoms with E-state index in [-0.39, 0.29) is 6.04 Å². The van der Waals surface area contributed by atoms with Gasteiger partial charge in [-0.15, -0.1) is 0 Å². The second-order valence-electron chi connectivity index (χ2n) is 4.93. The van der Waals surface area contributed by atoms with Crippen LogP contribution in [0, 0.1) is 5.92 Å². The first-order valence-corrected chi connectivity index (χ1v) is 6.43. The van der Waals surface area contributed by atoms with Gasteiger partial charge in [-0.05, 0) is 36.3 Å². The molecule has 3 nitrogen and oxygen atoms in total. The van der Waals surface area contributed by atoms with Crippen LogP contribution in [-0.4, -0.2) is 9.97 Å². The summed E-state index contributed by atoms with van der Waals surface area (Å²) in [6, 6.07) is 8.65. The van der Waals surface area contributed by atoms with Gasteiger partial charge in [-0.25, -0.2) is 0 Å². The third-order valence-electron chi connectivity index (χ3n) is 3.82. The van der Waals surface area contributed by atoms with E-state index in [2.05, 4.69) is 34.2 Å². The molecule has 1 aromatic heterocycles. The van der Waals surface area contributed by atoms with Gasteiger partial charge >= 0.3 is 0 Å². The van der Waals surface area contributed by atoms with Crippen LogP contribution in [0.4, 0.5) is 0 Å². The van der Waals surface area contributed by atoms with Crippen molar-refractivity contribution in [2.45, 2.75) is 25.3 Å². The molecule has 0 aliphatic heterocycles. The highest BCUT2D eigenvalue weighted by Gasteiger charge is 2.25. The summed E-state index contributed by atoms with van der Waals surface area (Å²) in [5.41, 5.74) is 10.1.